The molecule has 2 rings (SSSR count). The van der Waals surface area contributed by atoms with Gasteiger partial charge in [-0.15, -0.1) is 0 Å². The SMILES string of the molecule is CCC(N)Cc1cc(Br)ccc1Oc1ccc(C)c(F)c1. The van der Waals surface area contributed by atoms with Gasteiger partial charge in [0.1, 0.15) is 17.3 Å². The molecule has 21 heavy (non-hydrogen) atoms. The third-order valence-corrected chi connectivity index (χ3v) is 3.89. The van der Waals surface area contributed by atoms with Gasteiger partial charge in [0, 0.05) is 16.6 Å². The number of benzene rings is 2. The summed E-state index contributed by atoms with van der Waals surface area (Å²) >= 11 is 3.46. The number of rotatable bonds is 5. The Hall–Kier alpha value is -1.39. The van der Waals surface area contributed by atoms with Gasteiger partial charge in [0.2, 0.25) is 0 Å². The third kappa shape index (κ3) is 4.29. The fourth-order valence-electron chi connectivity index (χ4n) is 2.00. The van der Waals surface area contributed by atoms with E-state index in [1.807, 2.05) is 18.2 Å². The largest absolute Gasteiger partial charge is 0.457 e. The number of ether oxygens (including phenoxy) is 1. The number of nitrogens with two attached hydrogens (primary N) is 1. The Labute approximate surface area is 133 Å². The van der Waals surface area contributed by atoms with Crippen molar-refractivity contribution >= 4 is 15.9 Å². The predicted molar refractivity (Wildman–Crippen MR) is 87.3 cm³/mol. The second kappa shape index (κ2) is 7.05. The summed E-state index contributed by atoms with van der Waals surface area (Å²) in [6.07, 6.45) is 1.62. The van der Waals surface area contributed by atoms with Gasteiger partial charge in [-0.05, 0) is 55.2 Å². The number of halogens is 2. The third-order valence-electron chi connectivity index (χ3n) is 3.40. The van der Waals surface area contributed by atoms with Crippen LogP contribution in [0.1, 0.15) is 24.5 Å². The Morgan fingerprint density at radius 1 is 1.24 bits per heavy atom. The number of hydrogen-bond acceptors (Lipinski definition) is 2. The normalized spacial score (nSPS) is 12.2. The summed E-state index contributed by atoms with van der Waals surface area (Å²) in [6.45, 7) is 3.78. The number of aryl methyl sites for hydroxylation is 1. The van der Waals surface area contributed by atoms with Crippen LogP contribution in [0.4, 0.5) is 4.39 Å². The Morgan fingerprint density at radius 2 is 2.00 bits per heavy atom. The highest BCUT2D eigenvalue weighted by molar-refractivity contribution is 9.10. The van der Waals surface area contributed by atoms with Crippen LogP contribution in [0.2, 0.25) is 0 Å². The molecule has 1 unspecified atom stereocenters. The summed E-state index contributed by atoms with van der Waals surface area (Å²) in [6, 6.07) is 10.7. The standard InChI is InChI=1S/C17H19BrFNO/c1-3-14(20)9-12-8-13(18)5-7-17(12)21-15-6-4-11(2)16(19)10-15/h4-8,10,14H,3,9,20H2,1-2H3. The Morgan fingerprint density at radius 3 is 2.67 bits per heavy atom. The molecule has 0 aliphatic rings. The molecule has 2 aromatic carbocycles. The molecule has 0 amide bonds. The molecule has 0 aromatic heterocycles. The smallest absolute Gasteiger partial charge is 0.130 e. The zero-order valence-corrected chi connectivity index (χ0v) is 13.8. The summed E-state index contributed by atoms with van der Waals surface area (Å²) in [4.78, 5) is 0. The van der Waals surface area contributed by atoms with Crippen molar-refractivity contribution in [3.63, 3.8) is 0 Å². The summed E-state index contributed by atoms with van der Waals surface area (Å²) in [7, 11) is 0. The van der Waals surface area contributed by atoms with Gasteiger partial charge >= 0.3 is 0 Å². The highest BCUT2D eigenvalue weighted by atomic mass is 79.9. The summed E-state index contributed by atoms with van der Waals surface area (Å²) in [5.41, 5.74) is 7.65. The second-order valence-corrected chi connectivity index (χ2v) is 6.05. The lowest BCUT2D eigenvalue weighted by Crippen LogP contribution is -2.21. The monoisotopic (exact) mass is 351 g/mol. The van der Waals surface area contributed by atoms with Gasteiger partial charge in [-0.1, -0.05) is 28.9 Å². The van der Waals surface area contributed by atoms with Crippen molar-refractivity contribution in [1.82, 2.24) is 0 Å². The van der Waals surface area contributed by atoms with Crippen molar-refractivity contribution in [3.8, 4) is 11.5 Å². The second-order valence-electron chi connectivity index (χ2n) is 5.14. The van der Waals surface area contributed by atoms with E-state index in [-0.39, 0.29) is 11.9 Å². The molecule has 0 saturated carbocycles. The molecule has 4 heteroatoms. The average molecular weight is 352 g/mol. The molecule has 0 fully saturated rings. The molecule has 0 spiro atoms. The molecule has 0 bridgehead atoms. The van der Waals surface area contributed by atoms with Crippen LogP contribution in [0.5, 0.6) is 11.5 Å². The van der Waals surface area contributed by atoms with E-state index >= 15 is 0 Å². The summed E-state index contributed by atoms with van der Waals surface area (Å²) in [5, 5.41) is 0. The van der Waals surface area contributed by atoms with Crippen LogP contribution in [0.25, 0.3) is 0 Å². The molecule has 2 aromatic rings. The van der Waals surface area contributed by atoms with E-state index in [0.29, 0.717) is 17.1 Å². The fraction of sp³-hybridized carbons (Fsp3) is 0.294. The molecule has 112 valence electrons. The minimum atomic E-state index is -0.267. The first-order valence-electron chi connectivity index (χ1n) is 6.97. The maximum atomic E-state index is 13.6. The van der Waals surface area contributed by atoms with Crippen molar-refractivity contribution < 1.29 is 9.13 Å². The molecule has 1 atom stereocenters. The topological polar surface area (TPSA) is 35.2 Å². The van der Waals surface area contributed by atoms with E-state index in [9.17, 15) is 4.39 Å². The first-order valence-corrected chi connectivity index (χ1v) is 7.77. The fourth-order valence-corrected chi connectivity index (χ4v) is 2.41. The Kier molecular flexibility index (Phi) is 5.37. The zero-order chi connectivity index (χ0) is 15.4. The van der Waals surface area contributed by atoms with E-state index in [1.165, 1.54) is 6.07 Å². The molecule has 0 heterocycles. The maximum Gasteiger partial charge on any atom is 0.130 e. The Balaban J connectivity index is 2.28. The molecule has 0 radical (unpaired) electrons. The number of hydrogen-bond donors (Lipinski definition) is 1. The van der Waals surface area contributed by atoms with E-state index < -0.39 is 0 Å². The quantitative estimate of drug-likeness (QED) is 0.825. The first-order chi connectivity index (χ1) is 9.99. The van der Waals surface area contributed by atoms with Gasteiger partial charge < -0.3 is 10.5 Å². The van der Waals surface area contributed by atoms with Crippen LogP contribution >= 0.6 is 15.9 Å². The van der Waals surface area contributed by atoms with Crippen molar-refractivity contribution in [2.45, 2.75) is 32.7 Å². The van der Waals surface area contributed by atoms with Crippen LogP contribution in [-0.4, -0.2) is 6.04 Å². The lowest BCUT2D eigenvalue weighted by atomic mass is 10.0. The summed E-state index contributed by atoms with van der Waals surface area (Å²) in [5.74, 6) is 0.938. The van der Waals surface area contributed by atoms with Gasteiger partial charge in [0.25, 0.3) is 0 Å². The van der Waals surface area contributed by atoms with Gasteiger partial charge in [-0.25, -0.2) is 4.39 Å². The minimum Gasteiger partial charge on any atom is -0.457 e. The van der Waals surface area contributed by atoms with E-state index in [4.69, 9.17) is 10.5 Å². The van der Waals surface area contributed by atoms with Crippen molar-refractivity contribution in [2.24, 2.45) is 5.73 Å². The molecular weight excluding hydrogens is 333 g/mol. The maximum absolute atomic E-state index is 13.6. The predicted octanol–water partition coefficient (Wildman–Crippen LogP) is 4.97. The van der Waals surface area contributed by atoms with Crippen molar-refractivity contribution in [2.75, 3.05) is 0 Å². The minimum absolute atomic E-state index is 0.0800. The highest BCUT2D eigenvalue weighted by Crippen LogP contribution is 2.30. The van der Waals surface area contributed by atoms with E-state index in [1.54, 1.807) is 19.1 Å². The van der Waals surface area contributed by atoms with Crippen molar-refractivity contribution in [1.29, 1.82) is 0 Å². The van der Waals surface area contributed by atoms with Gasteiger partial charge in [-0.3, -0.25) is 0 Å². The highest BCUT2D eigenvalue weighted by Gasteiger charge is 2.10. The molecule has 0 saturated heterocycles. The molecule has 2 N–H and O–H groups in total. The average Bonchev–Trinajstić information content (AvgIpc) is 2.45. The van der Waals surface area contributed by atoms with Crippen LogP contribution < -0.4 is 10.5 Å². The molecule has 2 nitrogen and oxygen atoms in total. The van der Waals surface area contributed by atoms with Gasteiger partial charge in [0.05, 0.1) is 0 Å². The lowest BCUT2D eigenvalue weighted by Gasteiger charge is -2.15. The molecule has 0 aliphatic carbocycles. The molecule has 0 aliphatic heterocycles. The Bertz CT molecular complexity index is 630. The van der Waals surface area contributed by atoms with Crippen molar-refractivity contribution in [3.05, 3.63) is 57.8 Å². The van der Waals surface area contributed by atoms with Crippen LogP contribution in [0, 0.1) is 12.7 Å². The van der Waals surface area contributed by atoms with E-state index in [0.717, 1.165) is 22.9 Å². The first kappa shape index (κ1) is 16.0. The van der Waals surface area contributed by atoms with Gasteiger partial charge in [-0.2, -0.15) is 0 Å². The lowest BCUT2D eigenvalue weighted by molar-refractivity contribution is 0.466. The molecular formula is C17H19BrFNO. The van der Waals surface area contributed by atoms with Crippen LogP contribution in [-0.2, 0) is 6.42 Å². The van der Waals surface area contributed by atoms with Gasteiger partial charge in [0.15, 0.2) is 0 Å². The van der Waals surface area contributed by atoms with Crippen LogP contribution in [0.3, 0.4) is 0 Å². The van der Waals surface area contributed by atoms with E-state index in [2.05, 4.69) is 22.9 Å². The van der Waals surface area contributed by atoms with Crippen LogP contribution in [0.15, 0.2) is 40.9 Å². The summed E-state index contributed by atoms with van der Waals surface area (Å²) < 4.78 is 20.4. The zero-order valence-electron chi connectivity index (χ0n) is 12.2.